The molecule has 0 amide bonds. The number of benzene rings is 2. The molecule has 11 nitrogen and oxygen atoms in total. The second-order valence-corrected chi connectivity index (χ2v) is 7.58. The van der Waals surface area contributed by atoms with Crippen LogP contribution in [-0.2, 0) is 14.9 Å². The molecule has 0 aliphatic rings. The van der Waals surface area contributed by atoms with Gasteiger partial charge in [-0.05, 0) is 37.3 Å². The number of hydrogen-bond acceptors (Lipinski definition) is 9. The fourth-order valence-corrected chi connectivity index (χ4v) is 3.69. The highest BCUT2D eigenvalue weighted by Gasteiger charge is 2.30. The Morgan fingerprint density at radius 1 is 1.19 bits per heavy atom. The third-order valence-corrected chi connectivity index (χ3v) is 5.25. The molecule has 3 rings (SSSR count). The van der Waals surface area contributed by atoms with Crippen LogP contribution in [0.15, 0.2) is 64.3 Å². The number of esters is 1. The number of nitro benzene ring substituents is 1. The molecule has 0 radical (unpaired) electrons. The Morgan fingerprint density at radius 3 is 2.47 bits per heavy atom. The van der Waals surface area contributed by atoms with Crippen molar-refractivity contribution in [2.24, 2.45) is 0 Å². The largest absolute Gasteiger partial charge is 0.461 e. The average molecular weight is 463 g/mol. The lowest BCUT2D eigenvalue weighted by molar-refractivity contribution is -0.387. The van der Waals surface area contributed by atoms with Gasteiger partial charge in [-0.1, -0.05) is 12.1 Å². The van der Waals surface area contributed by atoms with Crippen molar-refractivity contribution < 1.29 is 31.4 Å². The van der Waals surface area contributed by atoms with E-state index in [1.807, 2.05) is 0 Å². The molecule has 0 saturated heterocycles. The zero-order valence-corrected chi connectivity index (χ0v) is 17.1. The van der Waals surface area contributed by atoms with Gasteiger partial charge in [-0.25, -0.2) is 9.18 Å². The quantitative estimate of drug-likeness (QED) is 0.223. The Labute approximate surface area is 179 Å². The molecule has 166 valence electrons. The minimum atomic E-state index is -4.85. The Balaban J connectivity index is 2.14. The Hall–Kier alpha value is -4.13. The highest BCUT2D eigenvalue weighted by molar-refractivity contribution is 7.87. The van der Waals surface area contributed by atoms with E-state index in [0.29, 0.717) is 6.07 Å². The molecular weight excluding hydrogens is 449 g/mol. The first-order valence-electron chi connectivity index (χ1n) is 8.89. The summed E-state index contributed by atoms with van der Waals surface area (Å²) >= 11 is 0. The van der Waals surface area contributed by atoms with E-state index in [4.69, 9.17) is 8.92 Å². The van der Waals surface area contributed by atoms with E-state index in [0.717, 1.165) is 28.9 Å². The van der Waals surface area contributed by atoms with E-state index in [1.165, 1.54) is 31.2 Å². The van der Waals surface area contributed by atoms with Gasteiger partial charge in [-0.15, -0.1) is 0 Å². The van der Waals surface area contributed by atoms with Gasteiger partial charge >= 0.3 is 16.1 Å². The van der Waals surface area contributed by atoms with E-state index in [2.05, 4.69) is 5.10 Å². The summed E-state index contributed by atoms with van der Waals surface area (Å²) in [4.78, 5) is 34.4. The van der Waals surface area contributed by atoms with Gasteiger partial charge in [0.05, 0.1) is 23.3 Å². The molecule has 0 saturated carbocycles. The summed E-state index contributed by atoms with van der Waals surface area (Å²) in [5.41, 5.74) is -2.29. The first kappa shape index (κ1) is 22.6. The third-order valence-electron chi connectivity index (χ3n) is 3.97. The molecular formula is C19H14FN3O8S. The normalized spacial score (nSPS) is 11.1. The average Bonchev–Trinajstić information content (AvgIpc) is 2.74. The summed E-state index contributed by atoms with van der Waals surface area (Å²) in [6.07, 6.45) is 0. The molecule has 0 aliphatic carbocycles. The van der Waals surface area contributed by atoms with Crippen LogP contribution in [0.25, 0.3) is 5.69 Å². The molecule has 0 spiro atoms. The summed E-state index contributed by atoms with van der Waals surface area (Å²) in [5, 5.41) is 15.0. The first-order valence-corrected chi connectivity index (χ1v) is 10.3. The van der Waals surface area contributed by atoms with Gasteiger partial charge < -0.3 is 8.92 Å². The van der Waals surface area contributed by atoms with Crippen molar-refractivity contribution >= 4 is 21.8 Å². The molecule has 0 unspecified atom stereocenters. The van der Waals surface area contributed by atoms with Gasteiger partial charge in [0.2, 0.25) is 5.69 Å². The van der Waals surface area contributed by atoms with E-state index in [1.54, 1.807) is 0 Å². The smallest absolute Gasteiger partial charge is 0.362 e. The molecule has 0 bridgehead atoms. The van der Waals surface area contributed by atoms with Gasteiger partial charge in [0, 0.05) is 6.07 Å². The number of rotatable bonds is 7. The van der Waals surface area contributed by atoms with Crippen LogP contribution < -0.4 is 9.74 Å². The van der Waals surface area contributed by atoms with Gasteiger partial charge in [0.25, 0.3) is 11.2 Å². The molecule has 0 aliphatic heterocycles. The van der Waals surface area contributed by atoms with Crippen LogP contribution in [0.4, 0.5) is 10.1 Å². The zero-order valence-electron chi connectivity index (χ0n) is 16.3. The number of carbonyl (C=O) groups is 1. The maximum atomic E-state index is 13.2. The van der Waals surface area contributed by atoms with Crippen LogP contribution in [0.1, 0.15) is 17.4 Å². The summed E-state index contributed by atoms with van der Waals surface area (Å²) in [6.45, 7) is 1.38. The molecule has 2 aromatic carbocycles. The molecule has 32 heavy (non-hydrogen) atoms. The van der Waals surface area contributed by atoms with Crippen LogP contribution >= 0.6 is 0 Å². The van der Waals surface area contributed by atoms with Crippen molar-refractivity contribution in [1.29, 1.82) is 0 Å². The number of nitro groups is 1. The van der Waals surface area contributed by atoms with Crippen molar-refractivity contribution in [3.8, 4) is 11.4 Å². The Bertz CT molecular complexity index is 1350. The number of halogens is 1. The van der Waals surface area contributed by atoms with Crippen molar-refractivity contribution in [3.63, 3.8) is 0 Å². The second-order valence-electron chi connectivity index (χ2n) is 6.07. The fourth-order valence-electron chi connectivity index (χ4n) is 2.59. The third kappa shape index (κ3) is 4.62. The Morgan fingerprint density at radius 2 is 1.84 bits per heavy atom. The minimum Gasteiger partial charge on any atom is -0.461 e. The number of para-hydroxylation sites is 1. The molecule has 3 aromatic rings. The number of ether oxygens (including phenoxy) is 1. The molecule has 0 fully saturated rings. The van der Waals surface area contributed by atoms with Crippen LogP contribution in [0.2, 0.25) is 0 Å². The van der Waals surface area contributed by atoms with Crippen LogP contribution in [-0.4, -0.2) is 35.7 Å². The fraction of sp³-hybridized carbons (Fsp3) is 0.105. The highest BCUT2D eigenvalue weighted by atomic mass is 32.2. The number of nitrogens with zero attached hydrogens (tertiary/aromatic N) is 3. The lowest BCUT2D eigenvalue weighted by Crippen LogP contribution is -2.26. The van der Waals surface area contributed by atoms with E-state index < -0.39 is 54.4 Å². The highest BCUT2D eigenvalue weighted by Crippen LogP contribution is 2.27. The lowest BCUT2D eigenvalue weighted by Gasteiger charge is -2.12. The maximum Gasteiger partial charge on any atom is 0.362 e. The van der Waals surface area contributed by atoms with Gasteiger partial charge in [-0.2, -0.15) is 18.2 Å². The molecule has 0 N–H and O–H groups in total. The number of carbonyl (C=O) groups excluding carboxylic acids is 1. The first-order chi connectivity index (χ1) is 15.1. The van der Waals surface area contributed by atoms with E-state index >= 15 is 0 Å². The standard InChI is InChI=1S/C19H14FN3O8S/c1-2-30-19(25)18-15(11-17(24)22(21-18)13-9-7-12(20)8-10-13)31-32(28,29)16-6-4-3-5-14(16)23(26)27/h3-11H,2H2,1H3. The Kier molecular flexibility index (Phi) is 6.30. The summed E-state index contributed by atoms with van der Waals surface area (Å²) < 4.78 is 49.1. The van der Waals surface area contributed by atoms with Gasteiger partial charge in [-0.3, -0.25) is 14.9 Å². The van der Waals surface area contributed by atoms with Gasteiger partial charge in [0.15, 0.2) is 10.6 Å². The van der Waals surface area contributed by atoms with Crippen molar-refractivity contribution in [2.45, 2.75) is 11.8 Å². The number of aromatic nitrogens is 2. The molecule has 1 aromatic heterocycles. The van der Waals surface area contributed by atoms with E-state index in [-0.39, 0.29) is 12.3 Å². The van der Waals surface area contributed by atoms with Crippen molar-refractivity contribution in [3.05, 3.63) is 86.6 Å². The zero-order chi connectivity index (χ0) is 23.5. The van der Waals surface area contributed by atoms with Gasteiger partial charge in [0.1, 0.15) is 5.82 Å². The topological polar surface area (TPSA) is 148 Å². The van der Waals surface area contributed by atoms with Crippen molar-refractivity contribution in [1.82, 2.24) is 9.78 Å². The predicted octanol–water partition coefficient (Wildman–Crippen LogP) is 2.22. The second kappa shape index (κ2) is 8.93. The number of hydrogen-bond donors (Lipinski definition) is 0. The summed E-state index contributed by atoms with van der Waals surface area (Å²) in [5.74, 6) is -2.48. The summed E-state index contributed by atoms with van der Waals surface area (Å²) in [6, 6.07) is 9.57. The van der Waals surface area contributed by atoms with E-state index in [9.17, 15) is 32.5 Å². The lowest BCUT2D eigenvalue weighted by atomic mass is 10.3. The SMILES string of the molecule is CCOC(=O)c1nn(-c2ccc(F)cc2)c(=O)cc1OS(=O)(=O)c1ccccc1[N+](=O)[O-]. The predicted molar refractivity (Wildman–Crippen MR) is 107 cm³/mol. The van der Waals surface area contributed by atoms with Crippen LogP contribution in [0, 0.1) is 15.9 Å². The maximum absolute atomic E-state index is 13.2. The molecule has 1 heterocycles. The molecule has 0 atom stereocenters. The van der Waals surface area contributed by atoms with Crippen molar-refractivity contribution in [2.75, 3.05) is 6.61 Å². The van der Waals surface area contributed by atoms with Crippen LogP contribution in [0.3, 0.4) is 0 Å². The monoisotopic (exact) mass is 463 g/mol. The minimum absolute atomic E-state index is 0.0788. The summed E-state index contributed by atoms with van der Waals surface area (Å²) in [7, 11) is -4.85. The van der Waals surface area contributed by atoms with Crippen LogP contribution in [0.5, 0.6) is 5.75 Å². The molecule has 13 heteroatoms.